The molecule has 4 aliphatic rings. The molecule has 8 heteroatoms. The molecule has 0 spiro atoms. The molecule has 8 atom stereocenters. The van der Waals surface area contributed by atoms with E-state index in [1.54, 1.807) is 0 Å². The number of alkyl halides is 2. The second-order valence-corrected chi connectivity index (χ2v) is 14.1. The van der Waals surface area contributed by atoms with Crippen molar-refractivity contribution >= 4 is 16.0 Å². The predicted molar refractivity (Wildman–Crippen MR) is 128 cm³/mol. The molecule has 0 aromatic heterocycles. The number of carbonyl (C=O) groups excluding carboxylic acids is 1. The van der Waals surface area contributed by atoms with E-state index in [1.807, 2.05) is 0 Å². The van der Waals surface area contributed by atoms with Gasteiger partial charge < -0.3 is 5.32 Å². The molecule has 2 N–H and O–H groups in total. The Kier molecular flexibility index (Phi) is 7.18. The monoisotopic (exact) mass is 503 g/mol. The van der Waals surface area contributed by atoms with Gasteiger partial charge in [-0.3, -0.25) is 9.35 Å². The van der Waals surface area contributed by atoms with Crippen LogP contribution in [-0.2, 0) is 14.9 Å². The summed E-state index contributed by atoms with van der Waals surface area (Å²) in [5, 5.41) is 2.55. The fraction of sp³-hybridized carbons (Fsp3) is 0.962. The summed E-state index contributed by atoms with van der Waals surface area (Å²) in [5.41, 5.74) is -0.0426. The van der Waals surface area contributed by atoms with Crippen LogP contribution < -0.4 is 5.32 Å². The fourth-order valence-corrected chi connectivity index (χ4v) is 9.49. The first-order valence-corrected chi connectivity index (χ1v) is 15.0. The van der Waals surface area contributed by atoms with Crippen molar-refractivity contribution in [3.63, 3.8) is 0 Å². The summed E-state index contributed by atoms with van der Waals surface area (Å²) < 4.78 is 62.0. The van der Waals surface area contributed by atoms with Gasteiger partial charge in [0.1, 0.15) is 0 Å². The summed E-state index contributed by atoms with van der Waals surface area (Å²) in [5.74, 6) is -2.89. The topological polar surface area (TPSA) is 83.5 Å². The van der Waals surface area contributed by atoms with Crippen molar-refractivity contribution in [3.8, 4) is 0 Å². The molecule has 4 saturated carbocycles. The van der Waals surface area contributed by atoms with Gasteiger partial charge in [-0.2, -0.15) is 8.42 Å². The van der Waals surface area contributed by atoms with Crippen LogP contribution >= 0.6 is 0 Å². The number of fused-ring (bicyclic) bond motifs is 5. The molecule has 4 fully saturated rings. The summed E-state index contributed by atoms with van der Waals surface area (Å²) in [6.07, 6.45) is 9.08. The zero-order chi connectivity index (χ0) is 24.9. The average molecular weight is 504 g/mol. The Morgan fingerprint density at radius 1 is 1.06 bits per heavy atom. The van der Waals surface area contributed by atoms with Crippen molar-refractivity contribution in [1.82, 2.24) is 5.32 Å². The maximum absolute atomic E-state index is 15.8. The van der Waals surface area contributed by atoms with E-state index < -0.39 is 27.7 Å². The summed E-state index contributed by atoms with van der Waals surface area (Å²) in [7, 11) is -4.09. The molecule has 0 aromatic carbocycles. The number of rotatable bonds is 7. The van der Waals surface area contributed by atoms with Crippen molar-refractivity contribution in [2.75, 3.05) is 12.3 Å². The number of halogens is 2. The molecule has 4 rings (SSSR count). The van der Waals surface area contributed by atoms with Gasteiger partial charge in [0, 0.05) is 25.3 Å². The van der Waals surface area contributed by atoms with E-state index in [1.165, 1.54) is 6.42 Å². The molecule has 0 heterocycles. The van der Waals surface area contributed by atoms with E-state index in [4.69, 9.17) is 4.55 Å². The Labute approximate surface area is 204 Å². The van der Waals surface area contributed by atoms with Crippen molar-refractivity contribution in [1.29, 1.82) is 0 Å². The maximum Gasteiger partial charge on any atom is 0.266 e. The SMILES string of the molecule is CC(CCC(=O)NCCS(=O)(=O)O)C1CCC2C3C(CCC12C)C1(C)CCCCC1CC3(F)F. The number of amides is 1. The normalized spacial score (nSPS) is 42.2. The molecular formula is C26H43F2NO4S. The van der Waals surface area contributed by atoms with Crippen LogP contribution in [0.3, 0.4) is 0 Å². The minimum atomic E-state index is -4.09. The van der Waals surface area contributed by atoms with Crippen molar-refractivity contribution in [2.45, 2.75) is 97.3 Å². The van der Waals surface area contributed by atoms with E-state index in [0.29, 0.717) is 12.3 Å². The van der Waals surface area contributed by atoms with Crippen LogP contribution in [0.4, 0.5) is 8.78 Å². The molecule has 8 unspecified atom stereocenters. The van der Waals surface area contributed by atoms with Crippen molar-refractivity contribution < 1.29 is 26.5 Å². The van der Waals surface area contributed by atoms with Crippen LogP contribution in [0.2, 0.25) is 0 Å². The average Bonchev–Trinajstić information content (AvgIpc) is 3.08. The third-order valence-corrected chi connectivity index (χ3v) is 11.6. The zero-order valence-corrected chi connectivity index (χ0v) is 21.8. The van der Waals surface area contributed by atoms with Crippen molar-refractivity contribution in [3.05, 3.63) is 0 Å². The lowest BCUT2D eigenvalue weighted by Crippen LogP contribution is -2.60. The largest absolute Gasteiger partial charge is 0.355 e. The van der Waals surface area contributed by atoms with Gasteiger partial charge in [-0.25, -0.2) is 8.78 Å². The van der Waals surface area contributed by atoms with Gasteiger partial charge in [0.05, 0.1) is 5.75 Å². The van der Waals surface area contributed by atoms with E-state index in [9.17, 15) is 13.2 Å². The Morgan fingerprint density at radius 2 is 1.76 bits per heavy atom. The summed E-state index contributed by atoms with van der Waals surface area (Å²) >= 11 is 0. The fourth-order valence-electron chi connectivity index (χ4n) is 9.13. The molecule has 0 bridgehead atoms. The first-order valence-electron chi connectivity index (χ1n) is 13.4. The Morgan fingerprint density at radius 3 is 2.47 bits per heavy atom. The molecule has 34 heavy (non-hydrogen) atoms. The zero-order valence-electron chi connectivity index (χ0n) is 21.0. The minimum absolute atomic E-state index is 0.0528. The van der Waals surface area contributed by atoms with Gasteiger partial charge >= 0.3 is 0 Å². The second-order valence-electron chi connectivity index (χ2n) is 12.5. The Bertz CT molecular complexity index is 880. The van der Waals surface area contributed by atoms with E-state index in [-0.39, 0.29) is 59.8 Å². The standard InChI is InChI=1S/C26H43F2NO4S/c1-17(7-10-22(30)29-14-15-34(31,32)33)19-8-9-20-23-21(11-13-25(19,20)3)24(2)12-5-4-6-18(24)16-26(23,27)28/h17-21,23H,4-16H2,1-3H3,(H,29,30)(H,31,32,33). The lowest BCUT2D eigenvalue weighted by atomic mass is 9.43. The quantitative estimate of drug-likeness (QED) is 0.437. The third kappa shape index (κ3) is 4.79. The smallest absolute Gasteiger partial charge is 0.266 e. The lowest BCUT2D eigenvalue weighted by molar-refractivity contribution is -0.232. The Hall–Kier alpha value is -0.760. The molecule has 196 valence electrons. The van der Waals surface area contributed by atoms with Crippen LogP contribution in [0.25, 0.3) is 0 Å². The first-order chi connectivity index (χ1) is 15.8. The molecule has 5 nitrogen and oxygen atoms in total. The number of carbonyl (C=O) groups is 1. The third-order valence-electron chi connectivity index (χ3n) is 10.8. The molecule has 0 aliphatic heterocycles. The highest BCUT2D eigenvalue weighted by Crippen LogP contribution is 2.71. The maximum atomic E-state index is 15.8. The molecule has 4 aliphatic carbocycles. The number of hydrogen-bond acceptors (Lipinski definition) is 3. The summed E-state index contributed by atoms with van der Waals surface area (Å²) in [6, 6.07) is 0. The van der Waals surface area contributed by atoms with Crippen LogP contribution in [-0.4, -0.2) is 37.1 Å². The van der Waals surface area contributed by atoms with Gasteiger partial charge in [-0.15, -0.1) is 0 Å². The molecule has 1 amide bonds. The van der Waals surface area contributed by atoms with Crippen LogP contribution in [0.5, 0.6) is 0 Å². The van der Waals surface area contributed by atoms with E-state index in [2.05, 4.69) is 26.1 Å². The highest BCUT2D eigenvalue weighted by atomic mass is 32.2. The molecule has 0 saturated heterocycles. The second kappa shape index (κ2) is 9.28. The highest BCUT2D eigenvalue weighted by Gasteiger charge is 2.67. The summed E-state index contributed by atoms with van der Waals surface area (Å²) in [6.45, 7) is 6.61. The van der Waals surface area contributed by atoms with Gasteiger partial charge in [0.15, 0.2) is 0 Å². The molecule has 0 radical (unpaired) electrons. The van der Waals surface area contributed by atoms with Gasteiger partial charge in [-0.1, -0.05) is 33.6 Å². The van der Waals surface area contributed by atoms with Crippen molar-refractivity contribution in [2.24, 2.45) is 46.3 Å². The Balaban J connectivity index is 1.42. The minimum Gasteiger partial charge on any atom is -0.355 e. The van der Waals surface area contributed by atoms with E-state index >= 15 is 8.78 Å². The summed E-state index contributed by atoms with van der Waals surface area (Å²) in [4.78, 5) is 12.2. The number of hydrogen-bond donors (Lipinski definition) is 2. The van der Waals surface area contributed by atoms with Gasteiger partial charge in [0.2, 0.25) is 5.91 Å². The predicted octanol–water partition coefficient (Wildman–Crippen LogP) is 5.70. The lowest BCUT2D eigenvalue weighted by Gasteiger charge is -2.62. The van der Waals surface area contributed by atoms with Crippen LogP contribution in [0, 0.1) is 46.3 Å². The molecular weight excluding hydrogens is 460 g/mol. The van der Waals surface area contributed by atoms with Crippen LogP contribution in [0.1, 0.15) is 91.4 Å². The first kappa shape index (κ1) is 26.3. The molecule has 0 aromatic rings. The van der Waals surface area contributed by atoms with E-state index in [0.717, 1.165) is 44.9 Å². The van der Waals surface area contributed by atoms with Gasteiger partial charge in [-0.05, 0) is 85.4 Å². The highest BCUT2D eigenvalue weighted by molar-refractivity contribution is 7.85. The van der Waals surface area contributed by atoms with Gasteiger partial charge in [0.25, 0.3) is 16.0 Å². The number of nitrogens with one attached hydrogen (secondary N) is 1. The van der Waals surface area contributed by atoms with Crippen LogP contribution in [0.15, 0.2) is 0 Å².